The second-order valence-electron chi connectivity index (χ2n) is 5.76. The quantitative estimate of drug-likeness (QED) is 0.814. The number of hydrogen-bond donors (Lipinski definition) is 1. The maximum absolute atomic E-state index is 12.1. The van der Waals surface area contributed by atoms with E-state index in [1.165, 1.54) is 44.9 Å². The van der Waals surface area contributed by atoms with E-state index in [4.69, 9.17) is 6.57 Å². The van der Waals surface area contributed by atoms with Crippen molar-refractivity contribution in [3.8, 4) is 0 Å². The molecule has 2 aliphatic rings. The number of nitrogens with zero attached hydrogens (tertiary/aromatic N) is 2. The van der Waals surface area contributed by atoms with Gasteiger partial charge in [-0.2, -0.15) is 0 Å². The van der Waals surface area contributed by atoms with Crippen molar-refractivity contribution in [2.45, 2.75) is 70.0 Å². The van der Waals surface area contributed by atoms with Crippen molar-refractivity contribution in [3.05, 3.63) is 11.4 Å². The molecule has 0 aromatic heterocycles. The minimum absolute atomic E-state index is 0. The van der Waals surface area contributed by atoms with Gasteiger partial charge in [0.05, 0.1) is 6.54 Å². The number of rotatable bonds is 3. The summed E-state index contributed by atoms with van der Waals surface area (Å²) in [5.41, 5.74) is 0. The summed E-state index contributed by atoms with van der Waals surface area (Å²) in [5, 5.41) is 3.42. The van der Waals surface area contributed by atoms with Crippen LogP contribution in [0.2, 0.25) is 0 Å². The fraction of sp³-hybridized carbons (Fsp3) is 0.867. The molecule has 114 valence electrons. The van der Waals surface area contributed by atoms with Crippen LogP contribution in [0, 0.1) is 6.57 Å². The van der Waals surface area contributed by atoms with E-state index in [1.807, 2.05) is 0 Å². The number of carbonyl (C=O) groups excluding carboxylic acids is 1. The molecule has 4 nitrogen and oxygen atoms in total. The lowest BCUT2D eigenvalue weighted by Crippen LogP contribution is -2.43. The predicted molar refractivity (Wildman–Crippen MR) is 82.7 cm³/mol. The molecule has 1 amide bonds. The molecule has 1 atom stereocenters. The molecule has 1 N–H and O–H groups in total. The molecule has 5 heteroatoms. The first-order valence-corrected chi connectivity index (χ1v) is 7.70. The molecule has 0 unspecified atom stereocenters. The number of nitrogens with one attached hydrogen (secondary N) is 1. The third kappa shape index (κ3) is 4.96. The molecule has 0 spiro atoms. The maximum atomic E-state index is 12.1. The molecular weight excluding hydrogens is 274 g/mol. The van der Waals surface area contributed by atoms with Gasteiger partial charge in [0.25, 0.3) is 0 Å². The molecule has 0 bridgehead atoms. The SMILES string of the molecule is Cl.[C-]#[N+][C@@H]1CCCN1C(=O)CNC1CCCCCCC1. The zero-order valence-corrected chi connectivity index (χ0v) is 13.0. The lowest BCUT2D eigenvalue weighted by Gasteiger charge is -2.22. The Kier molecular flexibility index (Phi) is 7.94. The van der Waals surface area contributed by atoms with Crippen molar-refractivity contribution < 1.29 is 4.79 Å². The highest BCUT2D eigenvalue weighted by molar-refractivity contribution is 5.85. The number of likely N-dealkylation sites (tertiary alicyclic amines) is 1. The van der Waals surface area contributed by atoms with Crippen molar-refractivity contribution in [1.29, 1.82) is 0 Å². The van der Waals surface area contributed by atoms with Gasteiger partial charge in [-0.15, -0.1) is 12.4 Å². The molecule has 1 saturated carbocycles. The Hall–Kier alpha value is -0.790. The fourth-order valence-corrected chi connectivity index (χ4v) is 3.17. The minimum atomic E-state index is -0.202. The summed E-state index contributed by atoms with van der Waals surface area (Å²) in [6, 6.07) is 0.498. The molecule has 2 fully saturated rings. The molecule has 2 rings (SSSR count). The second-order valence-corrected chi connectivity index (χ2v) is 5.76. The minimum Gasteiger partial charge on any atom is -0.306 e. The Labute approximate surface area is 128 Å². The summed E-state index contributed by atoms with van der Waals surface area (Å²) in [5.74, 6) is 0.112. The van der Waals surface area contributed by atoms with Crippen LogP contribution < -0.4 is 5.32 Å². The van der Waals surface area contributed by atoms with E-state index >= 15 is 0 Å². The van der Waals surface area contributed by atoms with Gasteiger partial charge in [0.1, 0.15) is 0 Å². The van der Waals surface area contributed by atoms with Crippen LogP contribution in [0.3, 0.4) is 0 Å². The third-order valence-corrected chi connectivity index (χ3v) is 4.34. The van der Waals surface area contributed by atoms with Gasteiger partial charge in [0, 0.05) is 19.0 Å². The molecular formula is C15H26ClN3O. The second kappa shape index (κ2) is 9.20. The molecule has 0 aromatic carbocycles. The standard InChI is InChI=1S/C15H25N3O.ClH/c1-16-14-10-7-11-18(14)15(19)12-17-13-8-5-3-2-4-6-9-13;/h13-14,17H,2-12H2;1H/t14-;/m0./s1. The summed E-state index contributed by atoms with van der Waals surface area (Å²) in [6.07, 6.45) is 10.6. The smallest absolute Gasteiger partial charge is 0.300 e. The van der Waals surface area contributed by atoms with E-state index in [2.05, 4.69) is 10.2 Å². The van der Waals surface area contributed by atoms with Gasteiger partial charge in [0.2, 0.25) is 5.91 Å². The van der Waals surface area contributed by atoms with Crippen LogP contribution in [-0.2, 0) is 4.79 Å². The van der Waals surface area contributed by atoms with E-state index < -0.39 is 0 Å². The van der Waals surface area contributed by atoms with Crippen LogP contribution in [0.5, 0.6) is 0 Å². The van der Waals surface area contributed by atoms with Gasteiger partial charge in [0.15, 0.2) is 0 Å². The summed E-state index contributed by atoms with van der Waals surface area (Å²) in [7, 11) is 0. The van der Waals surface area contributed by atoms with Gasteiger partial charge in [-0.25, -0.2) is 6.57 Å². The summed E-state index contributed by atoms with van der Waals surface area (Å²) in [6.45, 7) is 8.29. The van der Waals surface area contributed by atoms with Crippen LogP contribution in [0.1, 0.15) is 57.8 Å². The number of amides is 1. The summed E-state index contributed by atoms with van der Waals surface area (Å²) < 4.78 is 0. The largest absolute Gasteiger partial charge is 0.306 e. The van der Waals surface area contributed by atoms with Crippen molar-refractivity contribution in [2.75, 3.05) is 13.1 Å². The average molecular weight is 300 g/mol. The molecule has 1 aliphatic heterocycles. The van der Waals surface area contributed by atoms with Crippen molar-refractivity contribution >= 4 is 18.3 Å². The first kappa shape index (κ1) is 17.3. The maximum Gasteiger partial charge on any atom is 0.300 e. The van der Waals surface area contributed by atoms with Gasteiger partial charge < -0.3 is 5.32 Å². The number of hydrogen-bond acceptors (Lipinski definition) is 2. The van der Waals surface area contributed by atoms with E-state index in [9.17, 15) is 4.79 Å². The predicted octanol–water partition coefficient (Wildman–Crippen LogP) is 2.98. The first-order chi connectivity index (χ1) is 9.31. The third-order valence-electron chi connectivity index (χ3n) is 4.34. The Morgan fingerprint density at radius 2 is 1.75 bits per heavy atom. The van der Waals surface area contributed by atoms with Crippen molar-refractivity contribution in [3.63, 3.8) is 0 Å². The number of halogens is 1. The molecule has 1 aliphatic carbocycles. The summed E-state index contributed by atoms with van der Waals surface area (Å²) in [4.78, 5) is 17.4. The lowest BCUT2D eigenvalue weighted by molar-refractivity contribution is -0.130. The lowest BCUT2D eigenvalue weighted by atomic mass is 9.97. The van der Waals surface area contributed by atoms with Crippen molar-refractivity contribution in [2.24, 2.45) is 0 Å². The highest BCUT2D eigenvalue weighted by Crippen LogP contribution is 2.19. The average Bonchev–Trinajstić information content (AvgIpc) is 2.85. The van der Waals surface area contributed by atoms with Crippen LogP contribution in [0.4, 0.5) is 0 Å². The van der Waals surface area contributed by atoms with Crippen LogP contribution >= 0.6 is 12.4 Å². The Morgan fingerprint density at radius 3 is 2.40 bits per heavy atom. The molecule has 20 heavy (non-hydrogen) atoms. The highest BCUT2D eigenvalue weighted by atomic mass is 35.5. The van der Waals surface area contributed by atoms with Gasteiger partial charge in [-0.1, -0.05) is 32.1 Å². The van der Waals surface area contributed by atoms with Gasteiger partial charge in [-0.05, 0) is 19.3 Å². The van der Waals surface area contributed by atoms with Crippen molar-refractivity contribution in [1.82, 2.24) is 10.2 Å². The zero-order chi connectivity index (χ0) is 13.5. The Bertz CT molecular complexity index is 335. The van der Waals surface area contributed by atoms with E-state index in [0.29, 0.717) is 12.6 Å². The first-order valence-electron chi connectivity index (χ1n) is 7.70. The highest BCUT2D eigenvalue weighted by Gasteiger charge is 2.32. The van der Waals surface area contributed by atoms with E-state index in [1.54, 1.807) is 4.90 Å². The monoisotopic (exact) mass is 299 g/mol. The van der Waals surface area contributed by atoms with Gasteiger partial charge in [-0.3, -0.25) is 14.5 Å². The van der Waals surface area contributed by atoms with E-state index in [0.717, 1.165) is 19.4 Å². The molecule has 1 saturated heterocycles. The summed E-state index contributed by atoms with van der Waals surface area (Å²) >= 11 is 0. The van der Waals surface area contributed by atoms with Crippen LogP contribution in [0.25, 0.3) is 4.85 Å². The molecule has 0 aromatic rings. The molecule has 1 heterocycles. The van der Waals surface area contributed by atoms with E-state index in [-0.39, 0.29) is 24.5 Å². The van der Waals surface area contributed by atoms with Crippen LogP contribution in [-0.4, -0.2) is 36.1 Å². The fourth-order valence-electron chi connectivity index (χ4n) is 3.17. The number of carbonyl (C=O) groups is 1. The Balaban J connectivity index is 0.00000200. The topological polar surface area (TPSA) is 36.7 Å². The van der Waals surface area contributed by atoms with Crippen LogP contribution in [0.15, 0.2) is 0 Å². The normalized spacial score (nSPS) is 24.4. The molecule has 0 radical (unpaired) electrons. The Morgan fingerprint density at radius 1 is 1.10 bits per heavy atom. The zero-order valence-electron chi connectivity index (χ0n) is 12.1. The van der Waals surface area contributed by atoms with Gasteiger partial charge >= 0.3 is 6.17 Å².